The molecule has 2 N–H and O–H groups in total. The molecule has 0 saturated heterocycles. The van der Waals surface area contributed by atoms with Crippen LogP contribution in [-0.2, 0) is 4.79 Å². The van der Waals surface area contributed by atoms with Crippen molar-refractivity contribution >= 4 is 34.6 Å². The summed E-state index contributed by atoms with van der Waals surface area (Å²) in [5.41, 5.74) is 2.62. The minimum atomic E-state index is -0.0896. The molecule has 1 amide bonds. The lowest BCUT2D eigenvalue weighted by Gasteiger charge is -2.07. The van der Waals surface area contributed by atoms with Crippen LogP contribution in [0, 0.1) is 0 Å². The number of aromatic nitrogens is 2. The number of carbonyl (C=O) groups excluding carboxylic acids is 1. The number of amides is 1. The van der Waals surface area contributed by atoms with E-state index < -0.39 is 0 Å². The summed E-state index contributed by atoms with van der Waals surface area (Å²) in [6.07, 6.45) is 3.60. The van der Waals surface area contributed by atoms with Crippen molar-refractivity contribution in [3.8, 4) is 10.4 Å². The summed E-state index contributed by atoms with van der Waals surface area (Å²) >= 11 is 1.66. The molecule has 2 aromatic heterocycles. The van der Waals surface area contributed by atoms with Gasteiger partial charge in [-0.1, -0.05) is 6.07 Å². The highest BCUT2D eigenvalue weighted by Crippen LogP contribution is 2.24. The van der Waals surface area contributed by atoms with Crippen LogP contribution in [-0.4, -0.2) is 15.9 Å². The lowest BCUT2D eigenvalue weighted by atomic mass is 10.2. The number of rotatable bonds is 4. The fourth-order valence-electron chi connectivity index (χ4n) is 1.93. The number of hydrogen-bond acceptors (Lipinski definition) is 5. The van der Waals surface area contributed by atoms with Crippen LogP contribution in [0.25, 0.3) is 10.4 Å². The first-order chi connectivity index (χ1) is 10.7. The van der Waals surface area contributed by atoms with Crippen molar-refractivity contribution in [2.75, 3.05) is 10.6 Å². The Labute approximate surface area is 132 Å². The van der Waals surface area contributed by atoms with Crippen LogP contribution < -0.4 is 10.6 Å². The Morgan fingerprint density at radius 2 is 1.73 bits per heavy atom. The minimum absolute atomic E-state index is 0.0896. The molecule has 0 saturated carbocycles. The molecule has 3 aromatic rings. The standard InChI is InChI=1S/C16H14N4OS/c1-11(21)19-13-4-6-14(7-5-13)20-16-17-9-12(10-18-16)15-3-2-8-22-15/h2-10H,1H3,(H,19,21)(H,17,18,20). The number of anilines is 3. The Morgan fingerprint density at radius 1 is 1.05 bits per heavy atom. The van der Waals surface area contributed by atoms with Gasteiger partial charge in [-0.3, -0.25) is 4.79 Å². The van der Waals surface area contributed by atoms with Crippen molar-refractivity contribution in [3.63, 3.8) is 0 Å². The van der Waals surface area contributed by atoms with E-state index in [1.165, 1.54) is 6.92 Å². The molecule has 0 aliphatic rings. The maximum atomic E-state index is 11.0. The van der Waals surface area contributed by atoms with Gasteiger partial charge in [0.05, 0.1) is 0 Å². The fourth-order valence-corrected chi connectivity index (χ4v) is 2.63. The number of nitrogens with one attached hydrogen (secondary N) is 2. The molecule has 0 bridgehead atoms. The highest BCUT2D eigenvalue weighted by molar-refractivity contribution is 7.13. The molecule has 1 aromatic carbocycles. The summed E-state index contributed by atoms with van der Waals surface area (Å²) in [5, 5.41) is 7.87. The average molecular weight is 310 g/mol. The van der Waals surface area contributed by atoms with Crippen LogP contribution in [0.15, 0.2) is 54.2 Å². The third kappa shape index (κ3) is 3.48. The summed E-state index contributed by atoms with van der Waals surface area (Å²) in [6.45, 7) is 1.48. The molecule has 22 heavy (non-hydrogen) atoms. The van der Waals surface area contributed by atoms with Crippen molar-refractivity contribution in [3.05, 3.63) is 54.2 Å². The lowest BCUT2D eigenvalue weighted by molar-refractivity contribution is -0.114. The molecule has 0 aliphatic carbocycles. The molecule has 5 nitrogen and oxygen atoms in total. The van der Waals surface area contributed by atoms with Gasteiger partial charge in [0.25, 0.3) is 0 Å². The van der Waals surface area contributed by atoms with E-state index >= 15 is 0 Å². The van der Waals surface area contributed by atoms with Crippen LogP contribution in [0.5, 0.6) is 0 Å². The first kappa shape index (κ1) is 14.2. The SMILES string of the molecule is CC(=O)Nc1ccc(Nc2ncc(-c3cccs3)cn2)cc1. The Hall–Kier alpha value is -2.73. The molecule has 110 valence electrons. The number of hydrogen-bond donors (Lipinski definition) is 2. The molecular weight excluding hydrogens is 296 g/mol. The average Bonchev–Trinajstić information content (AvgIpc) is 3.04. The highest BCUT2D eigenvalue weighted by atomic mass is 32.1. The van der Waals surface area contributed by atoms with Crippen molar-refractivity contribution in [2.24, 2.45) is 0 Å². The minimum Gasteiger partial charge on any atom is -0.326 e. The van der Waals surface area contributed by atoms with Gasteiger partial charge in [0, 0.05) is 41.1 Å². The first-order valence-corrected chi connectivity index (χ1v) is 7.59. The second kappa shape index (κ2) is 6.36. The molecule has 3 rings (SSSR count). The molecular formula is C16H14N4OS. The number of thiophene rings is 1. The Balaban J connectivity index is 1.69. The van der Waals surface area contributed by atoms with Gasteiger partial charge in [0.2, 0.25) is 11.9 Å². The summed E-state index contributed by atoms with van der Waals surface area (Å²) in [5.74, 6) is 0.445. The zero-order valence-corrected chi connectivity index (χ0v) is 12.7. The smallest absolute Gasteiger partial charge is 0.227 e. The Bertz CT molecular complexity index is 752. The summed E-state index contributed by atoms with van der Waals surface area (Å²) in [6, 6.07) is 11.4. The molecule has 6 heteroatoms. The monoisotopic (exact) mass is 310 g/mol. The number of nitrogens with zero attached hydrogens (tertiary/aromatic N) is 2. The van der Waals surface area contributed by atoms with E-state index in [4.69, 9.17) is 0 Å². The maximum absolute atomic E-state index is 11.0. The van der Waals surface area contributed by atoms with Crippen LogP contribution in [0.4, 0.5) is 17.3 Å². The van der Waals surface area contributed by atoms with E-state index in [-0.39, 0.29) is 5.91 Å². The highest BCUT2D eigenvalue weighted by Gasteiger charge is 2.02. The summed E-state index contributed by atoms with van der Waals surface area (Å²) < 4.78 is 0. The van der Waals surface area contributed by atoms with Gasteiger partial charge in [0.15, 0.2) is 0 Å². The second-order valence-electron chi connectivity index (χ2n) is 4.66. The Morgan fingerprint density at radius 3 is 2.32 bits per heavy atom. The van der Waals surface area contributed by atoms with Crippen molar-refractivity contribution < 1.29 is 4.79 Å². The molecule has 2 heterocycles. The van der Waals surface area contributed by atoms with E-state index in [9.17, 15) is 4.79 Å². The topological polar surface area (TPSA) is 66.9 Å². The molecule has 0 unspecified atom stereocenters. The van der Waals surface area contributed by atoms with E-state index in [1.54, 1.807) is 23.7 Å². The van der Waals surface area contributed by atoms with E-state index in [0.717, 1.165) is 21.8 Å². The van der Waals surface area contributed by atoms with Crippen LogP contribution in [0.3, 0.4) is 0 Å². The quantitative estimate of drug-likeness (QED) is 0.767. The molecule has 0 aliphatic heterocycles. The second-order valence-corrected chi connectivity index (χ2v) is 5.60. The molecule has 0 atom stereocenters. The van der Waals surface area contributed by atoms with Gasteiger partial charge in [0.1, 0.15) is 0 Å². The van der Waals surface area contributed by atoms with Gasteiger partial charge in [-0.05, 0) is 35.7 Å². The molecule has 0 fully saturated rings. The lowest BCUT2D eigenvalue weighted by Crippen LogP contribution is -2.05. The van der Waals surface area contributed by atoms with Gasteiger partial charge in [-0.25, -0.2) is 9.97 Å². The van der Waals surface area contributed by atoms with Crippen molar-refractivity contribution in [1.82, 2.24) is 9.97 Å². The summed E-state index contributed by atoms with van der Waals surface area (Å²) in [7, 11) is 0. The molecule has 0 radical (unpaired) electrons. The zero-order valence-electron chi connectivity index (χ0n) is 11.9. The van der Waals surface area contributed by atoms with Crippen LogP contribution in [0.1, 0.15) is 6.92 Å². The third-order valence-electron chi connectivity index (χ3n) is 2.92. The predicted molar refractivity (Wildman–Crippen MR) is 89.4 cm³/mol. The van der Waals surface area contributed by atoms with Crippen LogP contribution in [0.2, 0.25) is 0 Å². The Kier molecular flexibility index (Phi) is 4.11. The fraction of sp³-hybridized carbons (Fsp3) is 0.0625. The van der Waals surface area contributed by atoms with Gasteiger partial charge < -0.3 is 10.6 Å². The zero-order chi connectivity index (χ0) is 15.4. The van der Waals surface area contributed by atoms with Crippen molar-refractivity contribution in [2.45, 2.75) is 6.92 Å². The third-order valence-corrected chi connectivity index (χ3v) is 3.84. The van der Waals surface area contributed by atoms with Crippen molar-refractivity contribution in [1.29, 1.82) is 0 Å². The predicted octanol–water partition coefficient (Wildman–Crippen LogP) is 3.91. The maximum Gasteiger partial charge on any atom is 0.227 e. The van der Waals surface area contributed by atoms with Gasteiger partial charge in [-0.15, -0.1) is 11.3 Å². The van der Waals surface area contributed by atoms with E-state index in [1.807, 2.05) is 41.8 Å². The van der Waals surface area contributed by atoms with Crippen LogP contribution >= 0.6 is 11.3 Å². The normalized spacial score (nSPS) is 10.2. The summed E-state index contributed by atoms with van der Waals surface area (Å²) in [4.78, 5) is 20.7. The van der Waals surface area contributed by atoms with Gasteiger partial charge >= 0.3 is 0 Å². The number of benzene rings is 1. The molecule has 0 spiro atoms. The van der Waals surface area contributed by atoms with E-state index in [2.05, 4.69) is 20.6 Å². The largest absolute Gasteiger partial charge is 0.326 e. The first-order valence-electron chi connectivity index (χ1n) is 6.71. The van der Waals surface area contributed by atoms with Gasteiger partial charge in [-0.2, -0.15) is 0 Å². The van der Waals surface area contributed by atoms with E-state index in [0.29, 0.717) is 5.95 Å². The number of carbonyl (C=O) groups is 1.